The lowest BCUT2D eigenvalue weighted by molar-refractivity contribution is 0.309. The van der Waals surface area contributed by atoms with Gasteiger partial charge >= 0.3 is 0 Å². The second-order valence-corrected chi connectivity index (χ2v) is 5.32. The SMILES string of the molecule is CCCCOc1cc(I)cc(C(C)C)c1. The van der Waals surface area contributed by atoms with Gasteiger partial charge < -0.3 is 4.74 Å². The largest absolute Gasteiger partial charge is 0.494 e. The first-order chi connectivity index (χ1) is 7.13. The predicted molar refractivity (Wildman–Crippen MR) is 73.7 cm³/mol. The molecule has 0 aliphatic rings. The molecule has 1 rings (SSSR count). The van der Waals surface area contributed by atoms with Gasteiger partial charge in [0.05, 0.1) is 6.61 Å². The Morgan fingerprint density at radius 3 is 2.60 bits per heavy atom. The zero-order chi connectivity index (χ0) is 11.3. The van der Waals surface area contributed by atoms with Crippen molar-refractivity contribution in [2.75, 3.05) is 6.61 Å². The first kappa shape index (κ1) is 12.8. The topological polar surface area (TPSA) is 9.23 Å². The number of hydrogen-bond donors (Lipinski definition) is 0. The van der Waals surface area contributed by atoms with E-state index < -0.39 is 0 Å². The number of ether oxygens (including phenoxy) is 1. The molecule has 0 amide bonds. The Morgan fingerprint density at radius 2 is 2.00 bits per heavy atom. The van der Waals surface area contributed by atoms with Crippen molar-refractivity contribution >= 4 is 22.6 Å². The molecule has 0 spiro atoms. The second-order valence-electron chi connectivity index (χ2n) is 4.08. The van der Waals surface area contributed by atoms with Gasteiger partial charge in [-0.05, 0) is 58.7 Å². The summed E-state index contributed by atoms with van der Waals surface area (Å²) in [7, 11) is 0. The molecule has 0 N–H and O–H groups in total. The Labute approximate surface area is 106 Å². The van der Waals surface area contributed by atoms with E-state index in [1.54, 1.807) is 0 Å². The van der Waals surface area contributed by atoms with E-state index in [-0.39, 0.29) is 0 Å². The molecule has 0 unspecified atom stereocenters. The maximum absolute atomic E-state index is 5.71. The average molecular weight is 318 g/mol. The van der Waals surface area contributed by atoms with Gasteiger partial charge in [-0.3, -0.25) is 0 Å². The van der Waals surface area contributed by atoms with Gasteiger partial charge in [-0.15, -0.1) is 0 Å². The molecule has 0 saturated carbocycles. The molecule has 2 heteroatoms. The van der Waals surface area contributed by atoms with Crippen LogP contribution in [0.2, 0.25) is 0 Å². The van der Waals surface area contributed by atoms with Crippen LogP contribution < -0.4 is 4.74 Å². The zero-order valence-corrected chi connectivity index (χ0v) is 11.9. The molecule has 84 valence electrons. The van der Waals surface area contributed by atoms with Crippen LogP contribution in [0.1, 0.15) is 45.1 Å². The molecule has 0 aromatic heterocycles. The summed E-state index contributed by atoms with van der Waals surface area (Å²) in [5.41, 5.74) is 1.35. The maximum atomic E-state index is 5.71. The Morgan fingerprint density at radius 1 is 1.27 bits per heavy atom. The monoisotopic (exact) mass is 318 g/mol. The van der Waals surface area contributed by atoms with E-state index in [9.17, 15) is 0 Å². The summed E-state index contributed by atoms with van der Waals surface area (Å²) in [6.07, 6.45) is 2.31. The average Bonchev–Trinajstić information content (AvgIpc) is 2.17. The standard InChI is InChI=1S/C13H19IO/c1-4-5-6-15-13-8-11(10(2)3)7-12(14)9-13/h7-10H,4-6H2,1-3H3. The fraction of sp³-hybridized carbons (Fsp3) is 0.538. The highest BCUT2D eigenvalue weighted by molar-refractivity contribution is 14.1. The molecule has 1 aromatic carbocycles. The van der Waals surface area contributed by atoms with E-state index >= 15 is 0 Å². The summed E-state index contributed by atoms with van der Waals surface area (Å²) >= 11 is 2.35. The van der Waals surface area contributed by atoms with Gasteiger partial charge in [-0.25, -0.2) is 0 Å². The van der Waals surface area contributed by atoms with Gasteiger partial charge in [0.1, 0.15) is 5.75 Å². The Hall–Kier alpha value is -0.250. The van der Waals surface area contributed by atoms with Gasteiger partial charge in [-0.2, -0.15) is 0 Å². The summed E-state index contributed by atoms with van der Waals surface area (Å²) in [6, 6.07) is 6.47. The fourth-order valence-corrected chi connectivity index (χ4v) is 2.00. The van der Waals surface area contributed by atoms with Crippen molar-refractivity contribution in [3.05, 3.63) is 27.3 Å². The van der Waals surface area contributed by atoms with Gasteiger partial charge in [0.25, 0.3) is 0 Å². The summed E-state index contributed by atoms with van der Waals surface area (Å²) < 4.78 is 6.97. The highest BCUT2D eigenvalue weighted by Gasteiger charge is 2.03. The summed E-state index contributed by atoms with van der Waals surface area (Å²) in [5, 5.41) is 0. The molecular formula is C13H19IO. The zero-order valence-electron chi connectivity index (χ0n) is 9.72. The van der Waals surface area contributed by atoms with Crippen LogP contribution in [-0.2, 0) is 0 Å². The van der Waals surface area contributed by atoms with E-state index in [1.807, 2.05) is 0 Å². The quantitative estimate of drug-likeness (QED) is 0.570. The van der Waals surface area contributed by atoms with Crippen LogP contribution >= 0.6 is 22.6 Å². The molecule has 0 aliphatic carbocycles. The van der Waals surface area contributed by atoms with Crippen LogP contribution in [0.3, 0.4) is 0 Å². The van der Waals surface area contributed by atoms with Crippen molar-refractivity contribution in [1.29, 1.82) is 0 Å². The van der Waals surface area contributed by atoms with Crippen LogP contribution in [0.4, 0.5) is 0 Å². The Bertz CT molecular complexity index is 307. The second kappa shape index (κ2) is 6.36. The highest BCUT2D eigenvalue weighted by Crippen LogP contribution is 2.24. The smallest absolute Gasteiger partial charge is 0.120 e. The van der Waals surface area contributed by atoms with Gasteiger partial charge in [0, 0.05) is 3.57 Å². The number of rotatable bonds is 5. The number of benzene rings is 1. The third-order valence-electron chi connectivity index (χ3n) is 2.33. The summed E-state index contributed by atoms with van der Waals surface area (Å²) in [4.78, 5) is 0. The van der Waals surface area contributed by atoms with Crippen molar-refractivity contribution in [1.82, 2.24) is 0 Å². The Balaban J connectivity index is 2.71. The van der Waals surface area contributed by atoms with Crippen molar-refractivity contribution in [3.63, 3.8) is 0 Å². The minimum Gasteiger partial charge on any atom is -0.494 e. The third-order valence-corrected chi connectivity index (χ3v) is 2.95. The van der Waals surface area contributed by atoms with Gasteiger partial charge in [0.2, 0.25) is 0 Å². The van der Waals surface area contributed by atoms with Crippen molar-refractivity contribution in [2.24, 2.45) is 0 Å². The van der Waals surface area contributed by atoms with Crippen LogP contribution in [0.25, 0.3) is 0 Å². The van der Waals surface area contributed by atoms with Crippen molar-refractivity contribution in [2.45, 2.75) is 39.5 Å². The number of halogens is 1. The molecule has 0 fully saturated rings. The van der Waals surface area contributed by atoms with Crippen LogP contribution in [-0.4, -0.2) is 6.61 Å². The van der Waals surface area contributed by atoms with E-state index in [1.165, 1.54) is 15.6 Å². The van der Waals surface area contributed by atoms with E-state index in [0.717, 1.165) is 18.8 Å². The molecule has 0 saturated heterocycles. The third kappa shape index (κ3) is 4.41. The molecular weight excluding hydrogens is 299 g/mol. The van der Waals surface area contributed by atoms with Crippen LogP contribution in [0, 0.1) is 3.57 Å². The fourth-order valence-electron chi connectivity index (χ4n) is 1.34. The van der Waals surface area contributed by atoms with Gasteiger partial charge in [0.15, 0.2) is 0 Å². The first-order valence-corrected chi connectivity index (χ1v) is 6.64. The molecule has 0 heterocycles. The number of unbranched alkanes of at least 4 members (excludes halogenated alkanes) is 1. The molecule has 0 aliphatic heterocycles. The molecule has 15 heavy (non-hydrogen) atoms. The molecule has 0 atom stereocenters. The summed E-state index contributed by atoms with van der Waals surface area (Å²) in [5.74, 6) is 1.58. The lowest BCUT2D eigenvalue weighted by Crippen LogP contribution is -1.98. The van der Waals surface area contributed by atoms with Gasteiger partial charge in [-0.1, -0.05) is 27.2 Å². The van der Waals surface area contributed by atoms with E-state index in [2.05, 4.69) is 61.6 Å². The van der Waals surface area contributed by atoms with Crippen molar-refractivity contribution in [3.8, 4) is 5.75 Å². The first-order valence-electron chi connectivity index (χ1n) is 5.56. The molecule has 1 aromatic rings. The Kier molecular flexibility index (Phi) is 5.43. The highest BCUT2D eigenvalue weighted by atomic mass is 127. The molecule has 1 nitrogen and oxygen atoms in total. The van der Waals surface area contributed by atoms with Crippen LogP contribution in [0.15, 0.2) is 18.2 Å². The van der Waals surface area contributed by atoms with Crippen LogP contribution in [0.5, 0.6) is 5.75 Å². The lowest BCUT2D eigenvalue weighted by atomic mass is 10.0. The number of hydrogen-bond acceptors (Lipinski definition) is 1. The predicted octanol–water partition coefficient (Wildman–Crippen LogP) is 4.59. The molecule has 0 bridgehead atoms. The molecule has 0 radical (unpaired) electrons. The van der Waals surface area contributed by atoms with E-state index in [0.29, 0.717) is 5.92 Å². The minimum atomic E-state index is 0.563. The maximum Gasteiger partial charge on any atom is 0.120 e. The summed E-state index contributed by atoms with van der Waals surface area (Å²) in [6.45, 7) is 7.42. The van der Waals surface area contributed by atoms with Crippen molar-refractivity contribution < 1.29 is 4.74 Å². The lowest BCUT2D eigenvalue weighted by Gasteiger charge is -2.10. The van der Waals surface area contributed by atoms with E-state index in [4.69, 9.17) is 4.74 Å². The minimum absolute atomic E-state index is 0.563. The normalized spacial score (nSPS) is 10.7.